The van der Waals surface area contributed by atoms with E-state index in [0.29, 0.717) is 6.61 Å². The minimum absolute atomic E-state index is 0.253. The van der Waals surface area contributed by atoms with Crippen LogP contribution < -0.4 is 14.8 Å². The lowest BCUT2D eigenvalue weighted by Crippen LogP contribution is -2.24. The molecule has 1 atom stereocenters. The maximum Gasteiger partial charge on any atom is 0.161 e. The molecule has 0 saturated carbocycles. The molecule has 0 aliphatic rings. The van der Waals surface area contributed by atoms with E-state index in [0.717, 1.165) is 23.1 Å². The van der Waals surface area contributed by atoms with Gasteiger partial charge in [-0.05, 0) is 36.8 Å². The zero-order chi connectivity index (χ0) is 15.1. The van der Waals surface area contributed by atoms with E-state index >= 15 is 0 Å². The Morgan fingerprint density at radius 1 is 1.05 bits per heavy atom. The SMILES string of the molecule is COc1ccccc1OCCN[C@H](C)c1ccc(Cl)cc1. The van der Waals surface area contributed by atoms with Gasteiger partial charge in [0.25, 0.3) is 0 Å². The van der Waals surface area contributed by atoms with Gasteiger partial charge in [0.1, 0.15) is 6.61 Å². The molecule has 0 spiro atoms. The summed E-state index contributed by atoms with van der Waals surface area (Å²) in [4.78, 5) is 0. The fraction of sp³-hybridized carbons (Fsp3) is 0.294. The van der Waals surface area contributed by atoms with Gasteiger partial charge in [-0.3, -0.25) is 0 Å². The molecule has 0 radical (unpaired) electrons. The largest absolute Gasteiger partial charge is 0.493 e. The fourth-order valence-electron chi connectivity index (χ4n) is 2.04. The molecular weight excluding hydrogens is 286 g/mol. The van der Waals surface area contributed by atoms with Gasteiger partial charge in [0.2, 0.25) is 0 Å². The summed E-state index contributed by atoms with van der Waals surface area (Å²) in [5.74, 6) is 1.52. The lowest BCUT2D eigenvalue weighted by atomic mass is 10.1. The van der Waals surface area contributed by atoms with Crippen LogP contribution in [0.2, 0.25) is 5.02 Å². The summed E-state index contributed by atoms with van der Waals surface area (Å²) in [7, 11) is 1.64. The Labute approximate surface area is 130 Å². The van der Waals surface area contributed by atoms with Crippen LogP contribution in [0, 0.1) is 0 Å². The highest BCUT2D eigenvalue weighted by atomic mass is 35.5. The van der Waals surface area contributed by atoms with E-state index < -0.39 is 0 Å². The summed E-state index contributed by atoms with van der Waals surface area (Å²) in [5.41, 5.74) is 1.21. The number of rotatable bonds is 7. The topological polar surface area (TPSA) is 30.5 Å². The minimum Gasteiger partial charge on any atom is -0.493 e. The lowest BCUT2D eigenvalue weighted by Gasteiger charge is -2.15. The van der Waals surface area contributed by atoms with Gasteiger partial charge in [-0.1, -0.05) is 35.9 Å². The Balaban J connectivity index is 1.78. The highest BCUT2D eigenvalue weighted by molar-refractivity contribution is 6.30. The van der Waals surface area contributed by atoms with E-state index in [1.54, 1.807) is 7.11 Å². The van der Waals surface area contributed by atoms with Crippen LogP contribution >= 0.6 is 11.6 Å². The minimum atomic E-state index is 0.253. The van der Waals surface area contributed by atoms with Crippen molar-refractivity contribution in [1.29, 1.82) is 0 Å². The zero-order valence-corrected chi connectivity index (χ0v) is 13.1. The van der Waals surface area contributed by atoms with E-state index in [2.05, 4.69) is 12.2 Å². The second kappa shape index (κ2) is 7.91. The van der Waals surface area contributed by atoms with Crippen LogP contribution in [0.25, 0.3) is 0 Å². The van der Waals surface area contributed by atoms with Crippen LogP contribution in [0.5, 0.6) is 11.5 Å². The Morgan fingerprint density at radius 3 is 2.38 bits per heavy atom. The first-order valence-electron chi connectivity index (χ1n) is 6.95. The van der Waals surface area contributed by atoms with Gasteiger partial charge in [0.15, 0.2) is 11.5 Å². The van der Waals surface area contributed by atoms with Gasteiger partial charge < -0.3 is 14.8 Å². The Kier molecular flexibility index (Phi) is 5.90. The van der Waals surface area contributed by atoms with Crippen molar-refractivity contribution in [2.75, 3.05) is 20.3 Å². The van der Waals surface area contributed by atoms with Gasteiger partial charge in [-0.2, -0.15) is 0 Å². The Hall–Kier alpha value is -1.71. The number of para-hydroxylation sites is 2. The van der Waals surface area contributed by atoms with Crippen LogP contribution in [0.4, 0.5) is 0 Å². The van der Waals surface area contributed by atoms with Gasteiger partial charge >= 0.3 is 0 Å². The van der Waals surface area contributed by atoms with Gasteiger partial charge in [0, 0.05) is 17.6 Å². The van der Waals surface area contributed by atoms with Crippen molar-refractivity contribution in [2.45, 2.75) is 13.0 Å². The summed E-state index contributed by atoms with van der Waals surface area (Å²) < 4.78 is 11.0. The first-order valence-corrected chi connectivity index (χ1v) is 7.33. The molecule has 2 aromatic carbocycles. The smallest absolute Gasteiger partial charge is 0.161 e. The van der Waals surface area contributed by atoms with Crippen molar-refractivity contribution in [1.82, 2.24) is 5.32 Å². The molecule has 0 bridgehead atoms. The standard InChI is InChI=1S/C17H20ClNO2/c1-13(14-7-9-15(18)10-8-14)19-11-12-21-17-6-4-3-5-16(17)20-2/h3-10,13,19H,11-12H2,1-2H3/t13-/m1/s1. The number of ether oxygens (including phenoxy) is 2. The van der Waals surface area contributed by atoms with Crippen LogP contribution in [0.1, 0.15) is 18.5 Å². The van der Waals surface area contributed by atoms with E-state index in [1.165, 1.54) is 5.56 Å². The molecule has 0 aliphatic carbocycles. The third-order valence-corrected chi connectivity index (χ3v) is 3.50. The highest BCUT2D eigenvalue weighted by Gasteiger charge is 2.05. The molecule has 0 saturated heterocycles. The van der Waals surface area contributed by atoms with Gasteiger partial charge in [0.05, 0.1) is 7.11 Å². The molecule has 4 heteroatoms. The summed E-state index contributed by atoms with van der Waals surface area (Å²) in [6.45, 7) is 3.45. The molecule has 2 rings (SSSR count). The molecule has 21 heavy (non-hydrogen) atoms. The second-order valence-electron chi connectivity index (χ2n) is 4.73. The zero-order valence-electron chi connectivity index (χ0n) is 12.3. The maximum atomic E-state index is 5.89. The molecule has 0 fully saturated rings. The highest BCUT2D eigenvalue weighted by Crippen LogP contribution is 2.25. The molecule has 2 aromatic rings. The molecule has 0 aromatic heterocycles. The molecule has 0 aliphatic heterocycles. The third-order valence-electron chi connectivity index (χ3n) is 3.25. The number of benzene rings is 2. The first-order chi connectivity index (χ1) is 10.2. The van der Waals surface area contributed by atoms with Crippen molar-refractivity contribution in [3.63, 3.8) is 0 Å². The van der Waals surface area contributed by atoms with Crippen molar-refractivity contribution < 1.29 is 9.47 Å². The lowest BCUT2D eigenvalue weighted by molar-refractivity contribution is 0.288. The van der Waals surface area contributed by atoms with Gasteiger partial charge in [-0.15, -0.1) is 0 Å². The summed E-state index contributed by atoms with van der Waals surface area (Å²) >= 11 is 5.89. The first kappa shape index (κ1) is 15.7. The van der Waals surface area contributed by atoms with Crippen molar-refractivity contribution in [3.05, 3.63) is 59.1 Å². The number of nitrogens with one attached hydrogen (secondary N) is 1. The predicted octanol–water partition coefficient (Wildman–Crippen LogP) is 4.08. The van der Waals surface area contributed by atoms with E-state index in [4.69, 9.17) is 21.1 Å². The van der Waals surface area contributed by atoms with Gasteiger partial charge in [-0.25, -0.2) is 0 Å². The molecule has 1 N–H and O–H groups in total. The molecular formula is C17H20ClNO2. The molecule has 0 unspecified atom stereocenters. The summed E-state index contributed by atoms with van der Waals surface area (Å²) in [6, 6.07) is 15.8. The number of hydrogen-bond donors (Lipinski definition) is 1. The fourth-order valence-corrected chi connectivity index (χ4v) is 2.17. The number of halogens is 1. The normalized spacial score (nSPS) is 12.0. The summed E-state index contributed by atoms with van der Waals surface area (Å²) in [6.07, 6.45) is 0. The quantitative estimate of drug-likeness (QED) is 0.782. The average Bonchev–Trinajstić information content (AvgIpc) is 2.52. The maximum absolute atomic E-state index is 5.89. The van der Waals surface area contributed by atoms with Crippen LogP contribution in [-0.2, 0) is 0 Å². The number of hydrogen-bond acceptors (Lipinski definition) is 3. The summed E-state index contributed by atoms with van der Waals surface area (Å²) in [5, 5.41) is 4.17. The predicted molar refractivity (Wildman–Crippen MR) is 86.4 cm³/mol. The molecule has 0 heterocycles. The second-order valence-corrected chi connectivity index (χ2v) is 5.16. The third kappa shape index (κ3) is 4.66. The van der Waals surface area contributed by atoms with E-state index in [9.17, 15) is 0 Å². The van der Waals surface area contributed by atoms with Crippen LogP contribution in [0.3, 0.4) is 0 Å². The van der Waals surface area contributed by atoms with Crippen molar-refractivity contribution in [2.24, 2.45) is 0 Å². The molecule has 112 valence electrons. The Morgan fingerprint density at radius 2 is 1.71 bits per heavy atom. The van der Waals surface area contributed by atoms with Crippen molar-refractivity contribution >= 4 is 11.6 Å². The number of methoxy groups -OCH3 is 1. The van der Waals surface area contributed by atoms with E-state index in [1.807, 2.05) is 48.5 Å². The monoisotopic (exact) mass is 305 g/mol. The molecule has 0 amide bonds. The van der Waals surface area contributed by atoms with Crippen LogP contribution in [-0.4, -0.2) is 20.3 Å². The van der Waals surface area contributed by atoms with Crippen LogP contribution in [0.15, 0.2) is 48.5 Å². The Bertz CT molecular complexity index is 557. The van der Waals surface area contributed by atoms with E-state index in [-0.39, 0.29) is 6.04 Å². The van der Waals surface area contributed by atoms with Crippen molar-refractivity contribution in [3.8, 4) is 11.5 Å². The average molecular weight is 306 g/mol. The molecule has 3 nitrogen and oxygen atoms in total.